The fraction of sp³-hybridized carbons (Fsp3) is 0.200. The van der Waals surface area contributed by atoms with Crippen LogP contribution in [0.3, 0.4) is 0 Å². The summed E-state index contributed by atoms with van der Waals surface area (Å²) in [5.74, 6) is -0.916. The Hall–Kier alpha value is -3.47. The van der Waals surface area contributed by atoms with Crippen molar-refractivity contribution in [3.63, 3.8) is 0 Å². The van der Waals surface area contributed by atoms with Crippen molar-refractivity contribution in [3.8, 4) is 0 Å². The summed E-state index contributed by atoms with van der Waals surface area (Å²) in [5, 5.41) is 2.98. The van der Waals surface area contributed by atoms with E-state index in [4.69, 9.17) is 0 Å². The molecule has 0 saturated heterocycles. The van der Waals surface area contributed by atoms with Gasteiger partial charge in [-0.3, -0.25) is 14.5 Å². The van der Waals surface area contributed by atoms with Crippen LogP contribution >= 0.6 is 0 Å². The smallest absolute Gasteiger partial charge is 0.259 e. The lowest BCUT2D eigenvalue weighted by Crippen LogP contribution is -2.63. The molecule has 152 valence electrons. The van der Waals surface area contributed by atoms with Crippen LogP contribution in [0.25, 0.3) is 0 Å². The number of nitrogens with one attached hydrogen (secondary N) is 1. The van der Waals surface area contributed by atoms with Crippen LogP contribution in [-0.4, -0.2) is 17.4 Å². The Balaban J connectivity index is 1.69. The predicted molar refractivity (Wildman–Crippen MR) is 115 cm³/mol. The summed E-state index contributed by atoms with van der Waals surface area (Å²) >= 11 is 0. The minimum absolute atomic E-state index is 0.254. The topological polar surface area (TPSA) is 49.4 Å². The zero-order valence-corrected chi connectivity index (χ0v) is 17.0. The van der Waals surface area contributed by atoms with Gasteiger partial charge in [0, 0.05) is 24.2 Å². The molecule has 5 heteroatoms. The first-order valence-electron chi connectivity index (χ1n) is 9.90. The zero-order valence-electron chi connectivity index (χ0n) is 17.0. The summed E-state index contributed by atoms with van der Waals surface area (Å²) in [6.07, 6.45) is 0.367. The van der Waals surface area contributed by atoms with Crippen LogP contribution in [0.2, 0.25) is 0 Å². The van der Waals surface area contributed by atoms with E-state index in [9.17, 15) is 14.0 Å². The molecule has 0 unspecified atom stereocenters. The van der Waals surface area contributed by atoms with E-state index < -0.39 is 11.4 Å². The summed E-state index contributed by atoms with van der Waals surface area (Å²) in [7, 11) is 0. The number of hydrogen-bond acceptors (Lipinski definition) is 2. The Kier molecular flexibility index (Phi) is 5.12. The molecule has 3 aromatic carbocycles. The highest BCUT2D eigenvalue weighted by molar-refractivity contribution is 6.14. The van der Waals surface area contributed by atoms with Crippen molar-refractivity contribution in [2.24, 2.45) is 0 Å². The van der Waals surface area contributed by atoms with Crippen molar-refractivity contribution < 1.29 is 14.0 Å². The maximum atomic E-state index is 13.5. The molecule has 4 nitrogen and oxygen atoms in total. The summed E-state index contributed by atoms with van der Waals surface area (Å²) in [5.41, 5.74) is 2.86. The molecule has 1 N–H and O–H groups in total. The number of halogens is 1. The van der Waals surface area contributed by atoms with Gasteiger partial charge in [-0.2, -0.15) is 0 Å². The number of anilines is 1. The molecule has 30 heavy (non-hydrogen) atoms. The molecule has 0 spiro atoms. The summed E-state index contributed by atoms with van der Waals surface area (Å²) < 4.78 is 13.5. The van der Waals surface area contributed by atoms with Gasteiger partial charge in [0.15, 0.2) is 0 Å². The predicted octanol–water partition coefficient (Wildman–Crippen LogP) is 4.41. The van der Waals surface area contributed by atoms with Gasteiger partial charge in [-0.15, -0.1) is 0 Å². The van der Waals surface area contributed by atoms with Crippen molar-refractivity contribution >= 4 is 17.5 Å². The first-order chi connectivity index (χ1) is 14.4. The molecular formula is C25H23FN2O2. The third kappa shape index (κ3) is 3.59. The molecule has 3 aromatic rings. The summed E-state index contributed by atoms with van der Waals surface area (Å²) in [4.78, 5) is 28.3. The lowest BCUT2D eigenvalue weighted by atomic mass is 9.82. The van der Waals surface area contributed by atoms with Crippen LogP contribution in [-0.2, 0) is 17.8 Å². The molecule has 1 aliphatic rings. The normalized spacial score (nSPS) is 18.1. The van der Waals surface area contributed by atoms with E-state index in [1.165, 1.54) is 29.2 Å². The number of nitrogens with zero attached hydrogens (tertiary/aromatic N) is 1. The van der Waals surface area contributed by atoms with Gasteiger partial charge in [-0.05, 0) is 55.3 Å². The first-order valence-corrected chi connectivity index (χ1v) is 9.90. The number of amides is 2. The number of fused-ring (bicyclic) bond motifs is 1. The second-order valence-corrected chi connectivity index (χ2v) is 7.89. The number of carbonyl (C=O) groups excluding carboxylic acids is 2. The fourth-order valence-corrected chi connectivity index (χ4v) is 3.93. The maximum Gasteiger partial charge on any atom is 0.259 e. The Morgan fingerprint density at radius 3 is 2.40 bits per heavy atom. The molecule has 1 heterocycles. The number of hydrogen-bond donors (Lipinski definition) is 1. The highest BCUT2D eigenvalue weighted by atomic mass is 19.1. The SMILES string of the molecule is Cc1ccc(CNC(=O)[C@@]2(C)Cc3ccccc3C(=O)N2c2ccc(F)cc2)cc1. The average molecular weight is 402 g/mol. The van der Waals surface area contributed by atoms with Crippen molar-refractivity contribution in [1.29, 1.82) is 0 Å². The Bertz CT molecular complexity index is 1090. The van der Waals surface area contributed by atoms with Crippen molar-refractivity contribution in [2.75, 3.05) is 4.90 Å². The summed E-state index contributed by atoms with van der Waals surface area (Å²) in [6, 6.07) is 20.9. The summed E-state index contributed by atoms with van der Waals surface area (Å²) in [6.45, 7) is 4.13. The molecule has 0 saturated carbocycles. The van der Waals surface area contributed by atoms with Crippen molar-refractivity contribution in [3.05, 3.63) is 101 Å². The monoisotopic (exact) mass is 402 g/mol. The zero-order chi connectivity index (χ0) is 21.3. The average Bonchev–Trinajstić information content (AvgIpc) is 2.74. The molecule has 1 aliphatic heterocycles. The quantitative estimate of drug-likeness (QED) is 0.703. The Morgan fingerprint density at radius 2 is 1.70 bits per heavy atom. The molecular weight excluding hydrogens is 379 g/mol. The van der Waals surface area contributed by atoms with Gasteiger partial charge in [0.25, 0.3) is 5.91 Å². The maximum absolute atomic E-state index is 13.5. The van der Waals surface area contributed by atoms with Crippen LogP contribution in [0, 0.1) is 12.7 Å². The van der Waals surface area contributed by atoms with Crippen LogP contribution in [0.1, 0.15) is 34.0 Å². The Morgan fingerprint density at radius 1 is 1.03 bits per heavy atom. The lowest BCUT2D eigenvalue weighted by molar-refractivity contribution is -0.126. The highest BCUT2D eigenvalue weighted by Crippen LogP contribution is 2.35. The second-order valence-electron chi connectivity index (χ2n) is 7.89. The third-order valence-electron chi connectivity index (χ3n) is 5.63. The molecule has 1 atom stereocenters. The number of rotatable bonds is 4. The van der Waals surface area contributed by atoms with Crippen LogP contribution < -0.4 is 10.2 Å². The number of benzene rings is 3. The van der Waals surface area contributed by atoms with E-state index >= 15 is 0 Å². The van der Waals surface area contributed by atoms with Crippen molar-refractivity contribution in [2.45, 2.75) is 32.4 Å². The Labute approximate surface area is 175 Å². The van der Waals surface area contributed by atoms with E-state index in [1.807, 2.05) is 43.3 Å². The van der Waals surface area contributed by atoms with E-state index in [0.717, 1.165) is 16.7 Å². The highest BCUT2D eigenvalue weighted by Gasteiger charge is 2.47. The van der Waals surface area contributed by atoms with E-state index in [0.29, 0.717) is 24.2 Å². The van der Waals surface area contributed by atoms with Gasteiger partial charge in [-0.1, -0.05) is 48.0 Å². The van der Waals surface area contributed by atoms with Crippen LogP contribution in [0.15, 0.2) is 72.8 Å². The van der Waals surface area contributed by atoms with Gasteiger partial charge in [0.05, 0.1) is 0 Å². The van der Waals surface area contributed by atoms with Crippen molar-refractivity contribution in [1.82, 2.24) is 5.32 Å². The van der Waals surface area contributed by atoms with Gasteiger partial charge in [0.2, 0.25) is 5.91 Å². The fourth-order valence-electron chi connectivity index (χ4n) is 3.93. The second kappa shape index (κ2) is 7.75. The molecule has 4 rings (SSSR count). The van der Waals surface area contributed by atoms with E-state index in [2.05, 4.69) is 5.32 Å². The molecule has 0 aromatic heterocycles. The molecule has 0 bridgehead atoms. The van der Waals surface area contributed by atoms with Crippen LogP contribution in [0.4, 0.5) is 10.1 Å². The van der Waals surface area contributed by atoms with E-state index in [1.54, 1.807) is 19.1 Å². The van der Waals surface area contributed by atoms with Gasteiger partial charge < -0.3 is 5.32 Å². The first kappa shape index (κ1) is 19.8. The standard InChI is InChI=1S/C25H23FN2O2/c1-17-7-9-18(10-8-17)16-27-24(30)25(2)15-19-5-3-4-6-22(19)23(29)28(25)21-13-11-20(26)12-14-21/h3-14H,15-16H2,1-2H3,(H,27,30)/t25-/m1/s1. The lowest BCUT2D eigenvalue weighted by Gasteiger charge is -2.44. The molecule has 0 radical (unpaired) electrons. The van der Waals surface area contributed by atoms with E-state index in [-0.39, 0.29) is 11.8 Å². The third-order valence-corrected chi connectivity index (χ3v) is 5.63. The van der Waals surface area contributed by atoms with Crippen LogP contribution in [0.5, 0.6) is 0 Å². The molecule has 0 aliphatic carbocycles. The largest absolute Gasteiger partial charge is 0.350 e. The van der Waals surface area contributed by atoms with Gasteiger partial charge >= 0.3 is 0 Å². The van der Waals surface area contributed by atoms with Gasteiger partial charge in [-0.25, -0.2) is 4.39 Å². The minimum atomic E-state index is -1.14. The number of aryl methyl sites for hydroxylation is 1. The van der Waals surface area contributed by atoms with Gasteiger partial charge in [0.1, 0.15) is 11.4 Å². The number of carbonyl (C=O) groups is 2. The molecule has 0 fully saturated rings. The minimum Gasteiger partial charge on any atom is -0.350 e. The molecule has 2 amide bonds.